The van der Waals surface area contributed by atoms with Crippen LogP contribution in [0.2, 0.25) is 0 Å². The van der Waals surface area contributed by atoms with Crippen molar-refractivity contribution in [2.75, 3.05) is 6.61 Å². The number of carbonyl (C=O) groups excluding carboxylic acids is 1. The fourth-order valence-corrected chi connectivity index (χ4v) is 2.22. The Labute approximate surface area is 112 Å². The van der Waals surface area contributed by atoms with Gasteiger partial charge >= 0.3 is 0 Å². The van der Waals surface area contributed by atoms with Gasteiger partial charge in [0.2, 0.25) is 0 Å². The second kappa shape index (κ2) is 6.75. The van der Waals surface area contributed by atoms with Gasteiger partial charge in [-0.15, -0.1) is 0 Å². The molecule has 2 nitrogen and oxygen atoms in total. The highest BCUT2D eigenvalue weighted by atomic mass is 19.1. The van der Waals surface area contributed by atoms with E-state index in [4.69, 9.17) is 4.74 Å². The highest BCUT2D eigenvalue weighted by Crippen LogP contribution is 2.24. The van der Waals surface area contributed by atoms with Crippen LogP contribution in [0.4, 0.5) is 8.78 Å². The SMILES string of the molecule is CCOC(CC)(CC)C(=O)Cc1cc(F)ccc1F. The Morgan fingerprint density at radius 2 is 1.84 bits per heavy atom. The highest BCUT2D eigenvalue weighted by molar-refractivity contribution is 5.89. The Hall–Kier alpha value is -1.29. The molecule has 0 aliphatic heterocycles. The number of ketones is 1. The minimum Gasteiger partial charge on any atom is -0.368 e. The number of Topliss-reactive ketones (excluding diaryl/α,β-unsaturated/α-hetero) is 1. The average Bonchev–Trinajstić information content (AvgIpc) is 2.40. The molecule has 0 atom stereocenters. The molecule has 0 aliphatic rings. The Kier molecular flexibility index (Phi) is 5.60. The molecule has 1 aromatic rings. The van der Waals surface area contributed by atoms with Gasteiger partial charge in [0.1, 0.15) is 17.2 Å². The first-order valence-corrected chi connectivity index (χ1v) is 6.60. The molecule has 0 N–H and O–H groups in total. The molecule has 0 bridgehead atoms. The number of hydrogen-bond donors (Lipinski definition) is 0. The minimum atomic E-state index is -0.895. The van der Waals surface area contributed by atoms with Gasteiger partial charge in [0.15, 0.2) is 5.78 Å². The lowest BCUT2D eigenvalue weighted by atomic mass is 9.88. The van der Waals surface area contributed by atoms with Crippen LogP contribution >= 0.6 is 0 Å². The van der Waals surface area contributed by atoms with E-state index in [1.165, 1.54) is 0 Å². The zero-order chi connectivity index (χ0) is 14.5. The molecule has 1 rings (SSSR count). The van der Waals surface area contributed by atoms with Crippen LogP contribution in [0.3, 0.4) is 0 Å². The van der Waals surface area contributed by atoms with Crippen LogP contribution < -0.4 is 0 Å². The molecule has 0 unspecified atom stereocenters. The third kappa shape index (κ3) is 3.60. The number of hydrogen-bond acceptors (Lipinski definition) is 2. The molecule has 0 fully saturated rings. The first-order chi connectivity index (χ1) is 8.99. The third-order valence-electron chi connectivity index (χ3n) is 3.43. The molecule has 1 aromatic carbocycles. The number of carbonyl (C=O) groups is 1. The van der Waals surface area contributed by atoms with Crippen molar-refractivity contribution in [2.24, 2.45) is 0 Å². The summed E-state index contributed by atoms with van der Waals surface area (Å²) in [4.78, 5) is 12.3. The van der Waals surface area contributed by atoms with Gasteiger partial charge in [0.05, 0.1) is 0 Å². The fraction of sp³-hybridized carbons (Fsp3) is 0.533. The van der Waals surface area contributed by atoms with Crippen LogP contribution in [0.15, 0.2) is 18.2 Å². The number of halogens is 2. The van der Waals surface area contributed by atoms with E-state index in [0.29, 0.717) is 19.4 Å². The van der Waals surface area contributed by atoms with Gasteiger partial charge in [-0.2, -0.15) is 0 Å². The Bertz CT molecular complexity index is 440. The summed E-state index contributed by atoms with van der Waals surface area (Å²) in [5.74, 6) is -1.31. The monoisotopic (exact) mass is 270 g/mol. The van der Waals surface area contributed by atoms with Gasteiger partial charge in [-0.3, -0.25) is 4.79 Å². The van der Waals surface area contributed by atoms with Crippen molar-refractivity contribution in [2.45, 2.75) is 45.6 Å². The van der Waals surface area contributed by atoms with Crippen molar-refractivity contribution in [3.63, 3.8) is 0 Å². The van der Waals surface area contributed by atoms with Crippen LogP contribution in [0.25, 0.3) is 0 Å². The van der Waals surface area contributed by atoms with Gasteiger partial charge < -0.3 is 4.74 Å². The lowest BCUT2D eigenvalue weighted by Gasteiger charge is -2.30. The van der Waals surface area contributed by atoms with E-state index in [9.17, 15) is 13.6 Å². The number of rotatable bonds is 7. The molecule has 4 heteroatoms. The summed E-state index contributed by atoms with van der Waals surface area (Å²) in [7, 11) is 0. The lowest BCUT2D eigenvalue weighted by molar-refractivity contribution is -0.144. The van der Waals surface area contributed by atoms with Crippen molar-refractivity contribution >= 4 is 5.78 Å². The minimum absolute atomic E-state index is 0.0796. The molecule has 0 aliphatic carbocycles. The molecule has 19 heavy (non-hydrogen) atoms. The maximum absolute atomic E-state index is 13.6. The third-order valence-corrected chi connectivity index (χ3v) is 3.43. The van der Waals surface area contributed by atoms with E-state index >= 15 is 0 Å². The molecule has 0 spiro atoms. The fourth-order valence-electron chi connectivity index (χ4n) is 2.22. The molecular weight excluding hydrogens is 250 g/mol. The molecule has 0 aromatic heterocycles. The summed E-state index contributed by atoms with van der Waals surface area (Å²) in [6.45, 7) is 5.95. The molecule has 0 saturated carbocycles. The van der Waals surface area contributed by atoms with E-state index in [2.05, 4.69) is 0 Å². The molecule has 0 heterocycles. The van der Waals surface area contributed by atoms with Crippen LogP contribution in [0.5, 0.6) is 0 Å². The van der Waals surface area contributed by atoms with E-state index in [1.54, 1.807) is 0 Å². The highest BCUT2D eigenvalue weighted by Gasteiger charge is 2.35. The molecule has 0 saturated heterocycles. The Morgan fingerprint density at radius 3 is 2.37 bits per heavy atom. The van der Waals surface area contributed by atoms with E-state index in [-0.39, 0.29) is 17.8 Å². The van der Waals surface area contributed by atoms with E-state index in [1.807, 2.05) is 20.8 Å². The number of ether oxygens (including phenoxy) is 1. The second-order valence-corrected chi connectivity index (χ2v) is 4.47. The van der Waals surface area contributed by atoms with Crippen LogP contribution in [-0.2, 0) is 16.0 Å². The van der Waals surface area contributed by atoms with Crippen molar-refractivity contribution in [3.8, 4) is 0 Å². The van der Waals surface area contributed by atoms with Gasteiger partial charge in [0, 0.05) is 13.0 Å². The zero-order valence-corrected chi connectivity index (χ0v) is 11.6. The maximum atomic E-state index is 13.6. The first-order valence-electron chi connectivity index (χ1n) is 6.60. The van der Waals surface area contributed by atoms with Crippen molar-refractivity contribution in [1.82, 2.24) is 0 Å². The maximum Gasteiger partial charge on any atom is 0.169 e. The Balaban J connectivity index is 2.96. The largest absolute Gasteiger partial charge is 0.368 e. The quantitative estimate of drug-likeness (QED) is 0.755. The summed E-state index contributed by atoms with van der Waals surface area (Å²) in [6, 6.07) is 3.15. The van der Waals surface area contributed by atoms with E-state index < -0.39 is 17.2 Å². The predicted molar refractivity (Wildman–Crippen MR) is 70.0 cm³/mol. The first kappa shape index (κ1) is 15.8. The summed E-state index contributed by atoms with van der Waals surface area (Å²) in [5.41, 5.74) is -0.816. The average molecular weight is 270 g/mol. The van der Waals surface area contributed by atoms with Crippen molar-refractivity contribution in [1.29, 1.82) is 0 Å². The predicted octanol–water partition coefficient (Wildman–Crippen LogP) is 3.67. The smallest absolute Gasteiger partial charge is 0.169 e. The summed E-state index contributed by atoms with van der Waals surface area (Å²) >= 11 is 0. The van der Waals surface area contributed by atoms with Gasteiger partial charge in [-0.1, -0.05) is 13.8 Å². The topological polar surface area (TPSA) is 26.3 Å². The zero-order valence-electron chi connectivity index (χ0n) is 11.6. The second-order valence-electron chi connectivity index (χ2n) is 4.47. The molecule has 0 radical (unpaired) electrons. The van der Waals surface area contributed by atoms with Crippen LogP contribution in [0, 0.1) is 11.6 Å². The van der Waals surface area contributed by atoms with Gasteiger partial charge in [0.25, 0.3) is 0 Å². The molecular formula is C15H20F2O2. The van der Waals surface area contributed by atoms with E-state index in [0.717, 1.165) is 18.2 Å². The summed E-state index contributed by atoms with van der Waals surface area (Å²) < 4.78 is 32.2. The summed E-state index contributed by atoms with van der Waals surface area (Å²) in [6.07, 6.45) is 0.894. The van der Waals surface area contributed by atoms with Crippen LogP contribution in [0.1, 0.15) is 39.2 Å². The molecule has 106 valence electrons. The standard InChI is InChI=1S/C15H20F2O2/c1-4-15(5-2,19-6-3)14(18)10-11-9-12(16)7-8-13(11)17/h7-9H,4-6,10H2,1-3H3. The Morgan fingerprint density at radius 1 is 1.21 bits per heavy atom. The van der Waals surface area contributed by atoms with Crippen LogP contribution in [-0.4, -0.2) is 18.0 Å². The normalized spacial score (nSPS) is 11.6. The number of benzene rings is 1. The van der Waals surface area contributed by atoms with Gasteiger partial charge in [-0.25, -0.2) is 8.78 Å². The molecule has 0 amide bonds. The van der Waals surface area contributed by atoms with Gasteiger partial charge in [-0.05, 0) is 43.5 Å². The lowest BCUT2D eigenvalue weighted by Crippen LogP contribution is -2.41. The van der Waals surface area contributed by atoms with Crippen molar-refractivity contribution in [3.05, 3.63) is 35.4 Å². The summed E-state index contributed by atoms with van der Waals surface area (Å²) in [5, 5.41) is 0. The van der Waals surface area contributed by atoms with Crippen molar-refractivity contribution < 1.29 is 18.3 Å².